The van der Waals surface area contributed by atoms with Crippen LogP contribution in [0.25, 0.3) is 0 Å². The largest absolute Gasteiger partial charge is 0.507 e. The van der Waals surface area contributed by atoms with Gasteiger partial charge in [-0.3, -0.25) is 10.2 Å². The summed E-state index contributed by atoms with van der Waals surface area (Å²) >= 11 is 0. The zero-order chi connectivity index (χ0) is 12.2. The second kappa shape index (κ2) is 4.99. The van der Waals surface area contributed by atoms with Crippen molar-refractivity contribution < 1.29 is 9.90 Å². The number of hydrogen-bond donors (Lipinski definition) is 3. The van der Waals surface area contributed by atoms with Crippen molar-refractivity contribution in [2.75, 3.05) is 6.54 Å². The smallest absolute Gasteiger partial charge is 0.269 e. The first-order valence-electron chi connectivity index (χ1n) is 5.21. The first kappa shape index (κ1) is 12.5. The molecule has 0 aliphatic heterocycles. The molecule has 1 amide bonds. The van der Waals surface area contributed by atoms with Gasteiger partial charge in [0.15, 0.2) is 0 Å². The van der Waals surface area contributed by atoms with Crippen LogP contribution in [-0.2, 0) is 0 Å². The molecule has 1 rings (SSSR count). The number of phenols is 1. The van der Waals surface area contributed by atoms with Crippen LogP contribution in [-0.4, -0.2) is 17.6 Å². The number of phenolic OH excluding ortho intramolecular Hbond substituents is 1. The Morgan fingerprint density at radius 1 is 1.31 bits per heavy atom. The van der Waals surface area contributed by atoms with Gasteiger partial charge in [0.2, 0.25) is 0 Å². The third kappa shape index (κ3) is 3.90. The van der Waals surface area contributed by atoms with Gasteiger partial charge in [0, 0.05) is 6.54 Å². The van der Waals surface area contributed by atoms with E-state index in [4.69, 9.17) is 0 Å². The first-order valence-corrected chi connectivity index (χ1v) is 5.21. The summed E-state index contributed by atoms with van der Waals surface area (Å²) in [6.07, 6.45) is 0. The van der Waals surface area contributed by atoms with Crippen LogP contribution in [0.5, 0.6) is 5.75 Å². The third-order valence-electron chi connectivity index (χ3n) is 1.97. The Balaban J connectivity index is 2.51. The van der Waals surface area contributed by atoms with E-state index in [0.29, 0.717) is 6.54 Å². The van der Waals surface area contributed by atoms with E-state index in [2.05, 4.69) is 31.6 Å². The number of carbonyl (C=O) groups excluding carboxylic acids is 1. The van der Waals surface area contributed by atoms with Crippen LogP contribution in [0.15, 0.2) is 24.3 Å². The average molecular weight is 222 g/mol. The Bertz CT molecular complexity index is 370. The van der Waals surface area contributed by atoms with Crippen LogP contribution < -0.4 is 10.9 Å². The topological polar surface area (TPSA) is 61.4 Å². The lowest BCUT2D eigenvalue weighted by Crippen LogP contribution is -2.41. The summed E-state index contributed by atoms with van der Waals surface area (Å²) in [6, 6.07) is 6.44. The summed E-state index contributed by atoms with van der Waals surface area (Å²) in [6.45, 7) is 6.84. The Morgan fingerprint density at radius 3 is 2.50 bits per heavy atom. The number of hydrogen-bond acceptors (Lipinski definition) is 3. The Morgan fingerprint density at radius 2 is 1.94 bits per heavy atom. The highest BCUT2D eigenvalue weighted by Crippen LogP contribution is 2.15. The minimum Gasteiger partial charge on any atom is -0.507 e. The number of nitrogens with one attached hydrogen (secondary N) is 2. The molecule has 4 heteroatoms. The molecule has 0 bridgehead atoms. The highest BCUT2D eigenvalue weighted by Gasteiger charge is 2.12. The highest BCUT2D eigenvalue weighted by atomic mass is 16.3. The van der Waals surface area contributed by atoms with Crippen LogP contribution in [0, 0.1) is 5.41 Å². The van der Waals surface area contributed by atoms with E-state index in [1.807, 2.05) is 0 Å². The van der Waals surface area contributed by atoms with Gasteiger partial charge in [0.05, 0.1) is 5.56 Å². The lowest BCUT2D eigenvalue weighted by Gasteiger charge is -2.19. The predicted molar refractivity (Wildman–Crippen MR) is 63.0 cm³/mol. The van der Waals surface area contributed by atoms with E-state index < -0.39 is 0 Å². The second-order valence-corrected chi connectivity index (χ2v) is 4.89. The summed E-state index contributed by atoms with van der Waals surface area (Å²) in [5.74, 6) is -0.347. The minimum absolute atomic E-state index is 0.0161. The van der Waals surface area contributed by atoms with E-state index in [1.54, 1.807) is 18.2 Å². The fourth-order valence-corrected chi connectivity index (χ4v) is 1.12. The Labute approximate surface area is 95.6 Å². The van der Waals surface area contributed by atoms with Gasteiger partial charge in [-0.05, 0) is 17.5 Å². The van der Waals surface area contributed by atoms with Crippen LogP contribution in [0.2, 0.25) is 0 Å². The molecule has 0 aliphatic rings. The lowest BCUT2D eigenvalue weighted by molar-refractivity contribution is 0.0924. The second-order valence-electron chi connectivity index (χ2n) is 4.89. The standard InChI is InChI=1S/C12H18N2O2/c1-12(2,3)8-13-14-11(16)9-6-4-5-7-10(9)15/h4-7,13,15H,8H2,1-3H3,(H,14,16). The fourth-order valence-electron chi connectivity index (χ4n) is 1.12. The van der Waals surface area contributed by atoms with Crippen molar-refractivity contribution in [1.29, 1.82) is 0 Å². The van der Waals surface area contributed by atoms with Crippen molar-refractivity contribution in [3.8, 4) is 5.75 Å². The number of amides is 1. The van der Waals surface area contributed by atoms with Gasteiger partial charge >= 0.3 is 0 Å². The van der Waals surface area contributed by atoms with Gasteiger partial charge in [0.25, 0.3) is 5.91 Å². The molecule has 0 radical (unpaired) electrons. The Hall–Kier alpha value is -1.55. The maximum atomic E-state index is 11.6. The third-order valence-corrected chi connectivity index (χ3v) is 1.97. The van der Waals surface area contributed by atoms with Gasteiger partial charge in [-0.25, -0.2) is 5.43 Å². The number of aromatic hydroxyl groups is 1. The molecule has 0 unspecified atom stereocenters. The number of hydrazine groups is 1. The predicted octanol–water partition coefficient (Wildman–Crippen LogP) is 1.67. The van der Waals surface area contributed by atoms with E-state index in [0.717, 1.165) is 0 Å². The SMILES string of the molecule is CC(C)(C)CNNC(=O)c1ccccc1O. The maximum Gasteiger partial charge on any atom is 0.269 e. The van der Waals surface area contributed by atoms with Crippen molar-refractivity contribution in [2.45, 2.75) is 20.8 Å². The zero-order valence-corrected chi connectivity index (χ0v) is 9.87. The Kier molecular flexibility index (Phi) is 3.90. The van der Waals surface area contributed by atoms with Crippen molar-refractivity contribution in [3.63, 3.8) is 0 Å². The minimum atomic E-state index is -0.331. The molecule has 0 spiro atoms. The number of benzene rings is 1. The zero-order valence-electron chi connectivity index (χ0n) is 9.87. The van der Waals surface area contributed by atoms with Gasteiger partial charge < -0.3 is 5.11 Å². The van der Waals surface area contributed by atoms with Gasteiger partial charge in [-0.2, -0.15) is 0 Å². The quantitative estimate of drug-likeness (QED) is 0.682. The average Bonchev–Trinajstić information content (AvgIpc) is 2.16. The van der Waals surface area contributed by atoms with E-state index in [9.17, 15) is 9.90 Å². The monoisotopic (exact) mass is 222 g/mol. The molecular formula is C12H18N2O2. The molecule has 0 aromatic heterocycles. The van der Waals surface area contributed by atoms with Crippen molar-refractivity contribution >= 4 is 5.91 Å². The maximum absolute atomic E-state index is 11.6. The van der Waals surface area contributed by atoms with Gasteiger partial charge in [-0.1, -0.05) is 32.9 Å². The molecule has 0 aliphatic carbocycles. The van der Waals surface area contributed by atoms with Gasteiger partial charge in [-0.15, -0.1) is 0 Å². The molecular weight excluding hydrogens is 204 g/mol. The van der Waals surface area contributed by atoms with E-state index in [1.165, 1.54) is 6.07 Å². The molecule has 0 atom stereocenters. The summed E-state index contributed by atoms with van der Waals surface area (Å²) in [5, 5.41) is 9.45. The van der Waals surface area contributed by atoms with Crippen LogP contribution in [0.4, 0.5) is 0 Å². The molecule has 0 saturated heterocycles. The summed E-state index contributed by atoms with van der Waals surface area (Å²) in [4.78, 5) is 11.6. The molecule has 3 N–H and O–H groups in total. The van der Waals surface area contributed by atoms with Crippen molar-refractivity contribution in [2.24, 2.45) is 5.41 Å². The molecule has 0 heterocycles. The van der Waals surface area contributed by atoms with E-state index >= 15 is 0 Å². The van der Waals surface area contributed by atoms with Crippen molar-refractivity contribution in [1.82, 2.24) is 10.9 Å². The number of carbonyl (C=O) groups is 1. The molecule has 0 fully saturated rings. The molecule has 1 aromatic rings. The fraction of sp³-hybridized carbons (Fsp3) is 0.417. The first-order chi connectivity index (χ1) is 7.40. The molecule has 16 heavy (non-hydrogen) atoms. The number of para-hydroxylation sites is 1. The molecule has 4 nitrogen and oxygen atoms in total. The summed E-state index contributed by atoms with van der Waals surface area (Å²) < 4.78 is 0. The normalized spacial score (nSPS) is 11.2. The summed E-state index contributed by atoms with van der Waals surface area (Å²) in [5.41, 5.74) is 5.74. The molecule has 0 saturated carbocycles. The number of rotatable bonds is 3. The highest BCUT2D eigenvalue weighted by molar-refractivity contribution is 5.96. The lowest BCUT2D eigenvalue weighted by atomic mass is 9.97. The van der Waals surface area contributed by atoms with Crippen molar-refractivity contribution in [3.05, 3.63) is 29.8 Å². The molecule has 88 valence electrons. The summed E-state index contributed by atoms with van der Waals surface area (Å²) in [7, 11) is 0. The van der Waals surface area contributed by atoms with Gasteiger partial charge in [0.1, 0.15) is 5.75 Å². The van der Waals surface area contributed by atoms with Crippen LogP contribution >= 0.6 is 0 Å². The molecule has 1 aromatic carbocycles. The van der Waals surface area contributed by atoms with Crippen LogP contribution in [0.1, 0.15) is 31.1 Å². The van der Waals surface area contributed by atoms with E-state index in [-0.39, 0.29) is 22.6 Å². The van der Waals surface area contributed by atoms with Crippen LogP contribution in [0.3, 0.4) is 0 Å².